The summed E-state index contributed by atoms with van der Waals surface area (Å²) in [4.78, 5) is 25.5. The maximum atomic E-state index is 12.8. The van der Waals surface area contributed by atoms with Crippen LogP contribution in [0.2, 0.25) is 0 Å². The molecule has 26 heavy (non-hydrogen) atoms. The Bertz CT molecular complexity index is 593. The van der Waals surface area contributed by atoms with Crippen molar-refractivity contribution in [3.63, 3.8) is 0 Å². The van der Waals surface area contributed by atoms with E-state index < -0.39 is 35.2 Å². The molecule has 1 aromatic carbocycles. The third kappa shape index (κ3) is 6.77. The maximum Gasteiger partial charge on any atom is 0.323 e. The highest BCUT2D eigenvalue weighted by molar-refractivity contribution is 5.99. The van der Waals surface area contributed by atoms with E-state index in [9.17, 15) is 14.0 Å². The van der Waals surface area contributed by atoms with Gasteiger partial charge in [-0.2, -0.15) is 0 Å². The van der Waals surface area contributed by atoms with Crippen molar-refractivity contribution in [3.8, 4) is 0 Å². The van der Waals surface area contributed by atoms with Gasteiger partial charge in [0.05, 0.1) is 0 Å². The Balaban J connectivity index is 3.01. The van der Waals surface area contributed by atoms with Gasteiger partial charge in [0.2, 0.25) is 0 Å². The van der Waals surface area contributed by atoms with Crippen molar-refractivity contribution >= 4 is 11.9 Å². The number of carbonyl (C=O) groups excluding carboxylic acids is 2. The molecule has 0 bridgehead atoms. The fourth-order valence-electron chi connectivity index (χ4n) is 2.26. The molecule has 0 saturated carbocycles. The van der Waals surface area contributed by atoms with Crippen LogP contribution in [0.4, 0.5) is 4.39 Å². The van der Waals surface area contributed by atoms with Gasteiger partial charge in [0, 0.05) is 0 Å². The molecule has 0 radical (unpaired) electrons. The van der Waals surface area contributed by atoms with E-state index in [1.165, 1.54) is 0 Å². The van der Waals surface area contributed by atoms with Gasteiger partial charge in [-0.1, -0.05) is 24.3 Å². The smallest absolute Gasteiger partial charge is 0.323 e. The summed E-state index contributed by atoms with van der Waals surface area (Å²) in [5.74, 6) is -1.20. The molecule has 0 saturated heterocycles. The molecule has 0 N–H and O–H groups in total. The standard InChI is InChI=1S/C21H31FO4/c1-19(2,3)25-17(23)21(7,18(24)26-20(4,5)6)13-12-15-8-10-16(14-22)11-9-15/h8-11H,12-14H2,1-7H3. The summed E-state index contributed by atoms with van der Waals surface area (Å²) in [6.45, 7) is 11.6. The van der Waals surface area contributed by atoms with E-state index in [1.807, 2.05) is 0 Å². The van der Waals surface area contributed by atoms with Crippen LogP contribution in [0.1, 0.15) is 66.0 Å². The maximum absolute atomic E-state index is 12.8. The number of carbonyl (C=O) groups is 2. The predicted octanol–water partition coefficient (Wildman–Crippen LogP) is 4.78. The minimum absolute atomic E-state index is 0.242. The van der Waals surface area contributed by atoms with E-state index in [0.717, 1.165) is 5.56 Å². The van der Waals surface area contributed by atoms with Crippen LogP contribution in [0.3, 0.4) is 0 Å². The number of alkyl halides is 1. The van der Waals surface area contributed by atoms with Crippen molar-refractivity contribution in [1.29, 1.82) is 0 Å². The van der Waals surface area contributed by atoms with Gasteiger partial charge in [-0.05, 0) is 72.4 Å². The van der Waals surface area contributed by atoms with Gasteiger partial charge in [-0.15, -0.1) is 0 Å². The number of aryl methyl sites for hydroxylation is 1. The van der Waals surface area contributed by atoms with Crippen molar-refractivity contribution in [2.75, 3.05) is 0 Å². The van der Waals surface area contributed by atoms with Crippen molar-refractivity contribution in [3.05, 3.63) is 35.4 Å². The Morgan fingerprint density at radius 3 is 1.54 bits per heavy atom. The minimum atomic E-state index is -1.42. The lowest BCUT2D eigenvalue weighted by Crippen LogP contribution is -2.45. The molecular weight excluding hydrogens is 335 g/mol. The summed E-state index contributed by atoms with van der Waals surface area (Å²) >= 11 is 0. The summed E-state index contributed by atoms with van der Waals surface area (Å²) in [5.41, 5.74) is -1.32. The monoisotopic (exact) mass is 366 g/mol. The lowest BCUT2D eigenvalue weighted by Gasteiger charge is -2.32. The fraction of sp³-hybridized carbons (Fsp3) is 0.619. The highest BCUT2D eigenvalue weighted by Crippen LogP contribution is 2.31. The molecule has 0 fully saturated rings. The van der Waals surface area contributed by atoms with E-state index in [2.05, 4.69) is 0 Å². The van der Waals surface area contributed by atoms with E-state index in [1.54, 1.807) is 72.7 Å². The SMILES string of the molecule is CC(C)(C)OC(=O)C(C)(CCc1ccc(CF)cc1)C(=O)OC(C)(C)C. The van der Waals surface area contributed by atoms with Crippen LogP contribution in [0, 0.1) is 5.41 Å². The number of hydrogen-bond acceptors (Lipinski definition) is 4. The van der Waals surface area contributed by atoms with Gasteiger partial charge in [0.15, 0.2) is 5.41 Å². The molecule has 0 aromatic heterocycles. The van der Waals surface area contributed by atoms with Crippen LogP contribution in [0.5, 0.6) is 0 Å². The molecule has 0 spiro atoms. The molecule has 0 amide bonds. The molecule has 1 rings (SSSR count). The topological polar surface area (TPSA) is 52.6 Å². The lowest BCUT2D eigenvalue weighted by atomic mass is 9.83. The Hall–Kier alpha value is -1.91. The van der Waals surface area contributed by atoms with Crippen molar-refractivity contribution < 1.29 is 23.5 Å². The Labute approximate surface area is 156 Å². The quantitative estimate of drug-likeness (QED) is 0.537. The number of rotatable bonds is 6. The summed E-state index contributed by atoms with van der Waals surface area (Å²) in [5, 5.41) is 0. The molecule has 0 aliphatic heterocycles. The van der Waals surface area contributed by atoms with Gasteiger partial charge in [0.25, 0.3) is 0 Å². The molecule has 4 nitrogen and oxygen atoms in total. The Morgan fingerprint density at radius 1 is 0.808 bits per heavy atom. The summed E-state index contributed by atoms with van der Waals surface area (Å²) in [6.07, 6.45) is 0.716. The zero-order chi connectivity index (χ0) is 20.2. The number of hydrogen-bond donors (Lipinski definition) is 0. The predicted molar refractivity (Wildman–Crippen MR) is 99.4 cm³/mol. The Morgan fingerprint density at radius 2 is 1.19 bits per heavy atom. The molecule has 146 valence electrons. The number of ether oxygens (including phenoxy) is 2. The van der Waals surface area contributed by atoms with E-state index in [0.29, 0.717) is 12.0 Å². The first-order valence-corrected chi connectivity index (χ1v) is 8.87. The van der Waals surface area contributed by atoms with E-state index in [4.69, 9.17) is 9.47 Å². The molecule has 0 atom stereocenters. The number of esters is 2. The minimum Gasteiger partial charge on any atom is -0.459 e. The van der Waals surface area contributed by atoms with Gasteiger partial charge in [-0.25, -0.2) is 4.39 Å². The zero-order valence-electron chi connectivity index (χ0n) is 16.9. The lowest BCUT2D eigenvalue weighted by molar-refractivity contribution is -0.184. The molecule has 1 aromatic rings. The average Bonchev–Trinajstić information content (AvgIpc) is 2.49. The van der Waals surface area contributed by atoms with Crippen LogP contribution >= 0.6 is 0 Å². The number of benzene rings is 1. The van der Waals surface area contributed by atoms with Crippen LogP contribution in [0.25, 0.3) is 0 Å². The molecule has 0 aliphatic rings. The summed E-state index contributed by atoms with van der Waals surface area (Å²) in [6, 6.07) is 7.01. The highest BCUT2D eigenvalue weighted by Gasteiger charge is 2.46. The van der Waals surface area contributed by atoms with Crippen LogP contribution in [0.15, 0.2) is 24.3 Å². The number of halogens is 1. The van der Waals surface area contributed by atoms with Gasteiger partial charge < -0.3 is 9.47 Å². The summed E-state index contributed by atoms with van der Waals surface area (Å²) in [7, 11) is 0. The summed E-state index contributed by atoms with van der Waals surface area (Å²) < 4.78 is 23.6. The first kappa shape index (κ1) is 22.1. The second-order valence-corrected chi connectivity index (χ2v) is 8.79. The van der Waals surface area contributed by atoms with E-state index in [-0.39, 0.29) is 6.42 Å². The first-order chi connectivity index (χ1) is 11.8. The highest BCUT2D eigenvalue weighted by atomic mass is 19.1. The third-order valence-corrected chi connectivity index (χ3v) is 3.79. The molecule has 0 heterocycles. The Kier molecular flexibility index (Phi) is 6.97. The van der Waals surface area contributed by atoms with Gasteiger partial charge >= 0.3 is 11.9 Å². The van der Waals surface area contributed by atoms with Crippen molar-refractivity contribution in [2.45, 2.75) is 79.2 Å². The van der Waals surface area contributed by atoms with Crippen LogP contribution in [-0.4, -0.2) is 23.1 Å². The van der Waals surface area contributed by atoms with Crippen molar-refractivity contribution in [2.24, 2.45) is 5.41 Å². The van der Waals surface area contributed by atoms with Gasteiger partial charge in [-0.3, -0.25) is 9.59 Å². The van der Waals surface area contributed by atoms with Crippen LogP contribution < -0.4 is 0 Å². The van der Waals surface area contributed by atoms with Gasteiger partial charge in [0.1, 0.15) is 17.9 Å². The second kappa shape index (κ2) is 8.19. The molecule has 0 aliphatic carbocycles. The largest absolute Gasteiger partial charge is 0.459 e. The van der Waals surface area contributed by atoms with E-state index >= 15 is 0 Å². The third-order valence-electron chi connectivity index (χ3n) is 3.79. The normalized spacial score (nSPS) is 12.6. The van der Waals surface area contributed by atoms with Crippen molar-refractivity contribution in [1.82, 2.24) is 0 Å². The molecular formula is C21H31FO4. The molecule has 0 unspecified atom stereocenters. The fourth-order valence-corrected chi connectivity index (χ4v) is 2.26. The average molecular weight is 366 g/mol. The first-order valence-electron chi connectivity index (χ1n) is 8.87. The second-order valence-electron chi connectivity index (χ2n) is 8.79. The molecule has 5 heteroatoms. The zero-order valence-corrected chi connectivity index (χ0v) is 16.9. The van der Waals surface area contributed by atoms with Crippen LogP contribution in [-0.2, 0) is 32.2 Å².